The molecule has 32 heavy (non-hydrogen) atoms. The summed E-state index contributed by atoms with van der Waals surface area (Å²) in [5.74, 6) is 0.124. The van der Waals surface area contributed by atoms with Gasteiger partial charge in [-0.25, -0.2) is 9.97 Å². The topological polar surface area (TPSA) is 92.3 Å². The maximum absolute atomic E-state index is 12.7. The van der Waals surface area contributed by atoms with Gasteiger partial charge in [0.05, 0.1) is 30.1 Å². The summed E-state index contributed by atoms with van der Waals surface area (Å²) in [5.41, 5.74) is 5.74. The van der Waals surface area contributed by atoms with Gasteiger partial charge in [-0.3, -0.25) is 9.20 Å². The van der Waals surface area contributed by atoms with E-state index in [9.17, 15) is 4.79 Å². The first-order valence-electron chi connectivity index (χ1n) is 10.4. The zero-order chi connectivity index (χ0) is 22.2. The van der Waals surface area contributed by atoms with Crippen LogP contribution in [0.5, 0.6) is 5.88 Å². The van der Waals surface area contributed by atoms with Crippen molar-refractivity contribution in [1.29, 1.82) is 5.26 Å². The van der Waals surface area contributed by atoms with Gasteiger partial charge in [0, 0.05) is 23.4 Å². The second-order valence-electron chi connectivity index (χ2n) is 7.94. The Morgan fingerprint density at radius 1 is 1.09 bits per heavy atom. The number of hydrogen-bond acceptors (Lipinski definition) is 5. The van der Waals surface area contributed by atoms with Crippen LogP contribution in [0.1, 0.15) is 34.5 Å². The van der Waals surface area contributed by atoms with E-state index in [1.807, 2.05) is 47.7 Å². The van der Waals surface area contributed by atoms with Crippen molar-refractivity contribution in [3.63, 3.8) is 0 Å². The molecule has 0 saturated heterocycles. The van der Waals surface area contributed by atoms with Crippen LogP contribution in [0.25, 0.3) is 28.2 Å². The molecule has 158 valence electrons. The molecule has 0 spiro atoms. The number of rotatable bonds is 5. The summed E-state index contributed by atoms with van der Waals surface area (Å²) in [6.45, 7) is 2.03. The monoisotopic (exact) mass is 423 g/mol. The normalized spacial score (nSPS) is 13.0. The van der Waals surface area contributed by atoms with E-state index in [4.69, 9.17) is 15.0 Å². The lowest BCUT2D eigenvalue weighted by Gasteiger charge is -2.14. The second kappa shape index (κ2) is 7.82. The Balaban J connectivity index is 1.76. The predicted octanol–water partition coefficient (Wildman–Crippen LogP) is 4.14. The van der Waals surface area contributed by atoms with Crippen molar-refractivity contribution in [2.75, 3.05) is 7.11 Å². The molecule has 2 aromatic carbocycles. The molecule has 7 heteroatoms. The van der Waals surface area contributed by atoms with Gasteiger partial charge in [-0.2, -0.15) is 5.26 Å². The summed E-state index contributed by atoms with van der Waals surface area (Å²) in [4.78, 5) is 22.0. The molecule has 1 aliphatic rings. The highest BCUT2D eigenvalue weighted by molar-refractivity contribution is 5.94. The molecule has 2 aromatic heterocycles. The smallest absolute Gasteiger partial charge is 0.271 e. The van der Waals surface area contributed by atoms with Crippen LogP contribution < -0.4 is 10.1 Å². The molecule has 1 N–H and O–H groups in total. The third kappa shape index (κ3) is 3.56. The third-order valence-corrected chi connectivity index (χ3v) is 5.53. The molecule has 7 nitrogen and oxygen atoms in total. The SMILES string of the molecule is COc1nc(-c2ccc(C#N)cc2)c(-c2ccc(C)cc2)n2cc(C(=O)NC3CC3)nc12. The van der Waals surface area contributed by atoms with Crippen LogP contribution in [0.4, 0.5) is 0 Å². The van der Waals surface area contributed by atoms with Crippen molar-refractivity contribution in [3.05, 3.63) is 71.5 Å². The summed E-state index contributed by atoms with van der Waals surface area (Å²) in [6.07, 6.45) is 3.74. The largest absolute Gasteiger partial charge is 0.478 e. The maximum Gasteiger partial charge on any atom is 0.271 e. The van der Waals surface area contributed by atoms with Crippen molar-refractivity contribution < 1.29 is 9.53 Å². The molecule has 4 aromatic rings. The predicted molar refractivity (Wildman–Crippen MR) is 120 cm³/mol. The molecule has 0 radical (unpaired) electrons. The number of methoxy groups -OCH3 is 1. The lowest BCUT2D eigenvalue weighted by molar-refractivity contribution is 0.0946. The van der Waals surface area contributed by atoms with Gasteiger partial charge < -0.3 is 10.1 Å². The molecular formula is C25H21N5O2. The van der Waals surface area contributed by atoms with E-state index in [0.717, 1.165) is 35.2 Å². The molecule has 5 rings (SSSR count). The van der Waals surface area contributed by atoms with Crippen LogP contribution in [0.2, 0.25) is 0 Å². The number of nitrogens with zero attached hydrogens (tertiary/aromatic N) is 4. The maximum atomic E-state index is 12.7. The average Bonchev–Trinajstić information content (AvgIpc) is 3.52. The van der Waals surface area contributed by atoms with Gasteiger partial charge in [0.15, 0.2) is 0 Å². The van der Waals surface area contributed by atoms with Crippen LogP contribution in [0.3, 0.4) is 0 Å². The first-order valence-corrected chi connectivity index (χ1v) is 10.4. The highest BCUT2D eigenvalue weighted by atomic mass is 16.5. The summed E-state index contributed by atoms with van der Waals surface area (Å²) < 4.78 is 7.42. The summed E-state index contributed by atoms with van der Waals surface area (Å²) in [5, 5.41) is 12.2. The quantitative estimate of drug-likeness (QED) is 0.521. The zero-order valence-corrected chi connectivity index (χ0v) is 17.8. The molecule has 1 fully saturated rings. The lowest BCUT2D eigenvalue weighted by atomic mass is 10.0. The van der Waals surface area contributed by atoms with Crippen molar-refractivity contribution in [2.45, 2.75) is 25.8 Å². The Bertz CT molecular complexity index is 1360. The van der Waals surface area contributed by atoms with Crippen LogP contribution in [-0.4, -0.2) is 33.4 Å². The highest BCUT2D eigenvalue weighted by Crippen LogP contribution is 2.35. The van der Waals surface area contributed by atoms with E-state index in [-0.39, 0.29) is 11.9 Å². The Labute approximate surface area is 185 Å². The molecule has 2 heterocycles. The Hall–Kier alpha value is -4.18. The van der Waals surface area contributed by atoms with E-state index in [1.54, 1.807) is 18.3 Å². The average molecular weight is 423 g/mol. The van der Waals surface area contributed by atoms with Crippen LogP contribution in [0.15, 0.2) is 54.7 Å². The minimum Gasteiger partial charge on any atom is -0.478 e. The number of imidazole rings is 1. The molecule has 0 aliphatic heterocycles. The highest BCUT2D eigenvalue weighted by Gasteiger charge is 2.26. The van der Waals surface area contributed by atoms with Crippen molar-refractivity contribution >= 4 is 11.6 Å². The lowest BCUT2D eigenvalue weighted by Crippen LogP contribution is -2.25. The summed E-state index contributed by atoms with van der Waals surface area (Å²) in [7, 11) is 1.54. The number of carbonyl (C=O) groups is 1. The van der Waals surface area contributed by atoms with Gasteiger partial charge >= 0.3 is 0 Å². The third-order valence-electron chi connectivity index (χ3n) is 5.53. The minimum absolute atomic E-state index is 0.201. The van der Waals surface area contributed by atoms with Crippen LogP contribution in [0, 0.1) is 18.3 Å². The van der Waals surface area contributed by atoms with E-state index in [1.165, 1.54) is 7.11 Å². The van der Waals surface area contributed by atoms with E-state index in [0.29, 0.717) is 28.5 Å². The Morgan fingerprint density at radius 3 is 2.41 bits per heavy atom. The fourth-order valence-electron chi connectivity index (χ4n) is 3.64. The Morgan fingerprint density at radius 2 is 1.78 bits per heavy atom. The first kappa shape index (κ1) is 19.8. The molecule has 0 bridgehead atoms. The van der Waals surface area contributed by atoms with Gasteiger partial charge in [-0.15, -0.1) is 0 Å². The van der Waals surface area contributed by atoms with Crippen molar-refractivity contribution in [2.24, 2.45) is 0 Å². The minimum atomic E-state index is -0.201. The number of carbonyl (C=O) groups excluding carboxylic acids is 1. The van der Waals surface area contributed by atoms with Gasteiger partial charge in [0.25, 0.3) is 11.8 Å². The molecular weight excluding hydrogens is 402 g/mol. The number of benzene rings is 2. The number of aromatic nitrogens is 3. The first-order chi connectivity index (χ1) is 15.6. The van der Waals surface area contributed by atoms with Crippen molar-refractivity contribution in [3.8, 4) is 34.5 Å². The molecule has 1 saturated carbocycles. The van der Waals surface area contributed by atoms with Gasteiger partial charge in [0.1, 0.15) is 5.69 Å². The Kier molecular flexibility index (Phi) is 4.83. The zero-order valence-electron chi connectivity index (χ0n) is 17.8. The number of fused-ring (bicyclic) bond motifs is 1. The van der Waals surface area contributed by atoms with Gasteiger partial charge in [-0.1, -0.05) is 42.0 Å². The van der Waals surface area contributed by atoms with Crippen molar-refractivity contribution in [1.82, 2.24) is 19.7 Å². The summed E-state index contributed by atoms with van der Waals surface area (Å²) in [6, 6.07) is 17.7. The van der Waals surface area contributed by atoms with Crippen LogP contribution >= 0.6 is 0 Å². The van der Waals surface area contributed by atoms with Gasteiger partial charge in [0.2, 0.25) is 5.65 Å². The molecule has 0 unspecified atom stereocenters. The van der Waals surface area contributed by atoms with E-state index >= 15 is 0 Å². The van der Waals surface area contributed by atoms with Gasteiger partial charge in [-0.05, 0) is 31.9 Å². The molecule has 1 aliphatic carbocycles. The molecule has 0 atom stereocenters. The number of aryl methyl sites for hydroxylation is 1. The number of nitrogens with one attached hydrogen (secondary N) is 1. The summed E-state index contributed by atoms with van der Waals surface area (Å²) >= 11 is 0. The number of ether oxygens (including phenoxy) is 1. The second-order valence-corrected chi connectivity index (χ2v) is 7.94. The number of nitriles is 1. The standard InChI is InChI=1S/C25H21N5O2/c1-15-3-7-18(8-4-15)22-21(17-9-5-16(13-26)6-10-17)29-25(32-2)23-28-20(14-30(22)23)24(31)27-19-11-12-19/h3-10,14,19H,11-12H2,1-2H3,(H,27,31). The van der Waals surface area contributed by atoms with Crippen LogP contribution in [-0.2, 0) is 0 Å². The van der Waals surface area contributed by atoms with E-state index < -0.39 is 0 Å². The number of amides is 1. The fourth-order valence-corrected chi connectivity index (χ4v) is 3.64. The van der Waals surface area contributed by atoms with E-state index in [2.05, 4.69) is 16.4 Å². The fraction of sp³-hybridized carbons (Fsp3) is 0.200. The number of hydrogen-bond donors (Lipinski definition) is 1. The molecule has 1 amide bonds.